The van der Waals surface area contributed by atoms with E-state index in [0.717, 1.165) is 31.5 Å². The Bertz CT molecular complexity index is 547. The normalized spacial score (nSPS) is 19.1. The van der Waals surface area contributed by atoms with Crippen molar-refractivity contribution < 1.29 is 9.63 Å². The van der Waals surface area contributed by atoms with Crippen LogP contribution in [0.3, 0.4) is 0 Å². The molecule has 0 radical (unpaired) electrons. The molecule has 1 aliphatic heterocycles. The van der Waals surface area contributed by atoms with Crippen LogP contribution < -0.4 is 0 Å². The third kappa shape index (κ3) is 2.73. The summed E-state index contributed by atoms with van der Waals surface area (Å²) in [5, 5.41) is 13.6. The predicted octanol–water partition coefficient (Wildman–Crippen LogP) is 2.25. The second-order valence-corrected chi connectivity index (χ2v) is 5.27. The van der Waals surface area contributed by atoms with Gasteiger partial charge >= 0.3 is 0 Å². The van der Waals surface area contributed by atoms with Crippen LogP contribution in [0.2, 0.25) is 0 Å². The van der Waals surface area contributed by atoms with Crippen molar-refractivity contribution in [2.45, 2.75) is 31.9 Å². The van der Waals surface area contributed by atoms with E-state index in [2.05, 4.69) is 22.0 Å². The second kappa shape index (κ2) is 5.73. The molecule has 3 rings (SSSR count). The van der Waals surface area contributed by atoms with Crippen LogP contribution in [0, 0.1) is 0 Å². The van der Waals surface area contributed by atoms with Crippen LogP contribution in [0.5, 0.6) is 0 Å². The van der Waals surface area contributed by atoms with Crippen molar-refractivity contribution in [1.29, 1.82) is 0 Å². The number of benzene rings is 1. The van der Waals surface area contributed by atoms with Gasteiger partial charge in [0, 0.05) is 18.7 Å². The van der Waals surface area contributed by atoms with E-state index in [1.807, 2.05) is 30.3 Å². The first kappa shape index (κ1) is 13.3. The maximum atomic E-state index is 9.55. The van der Waals surface area contributed by atoms with E-state index < -0.39 is 0 Å². The Morgan fingerprint density at radius 1 is 1.25 bits per heavy atom. The molecule has 1 unspecified atom stereocenters. The highest BCUT2D eigenvalue weighted by Gasteiger charge is 2.26. The molecule has 1 aromatic heterocycles. The van der Waals surface area contributed by atoms with Gasteiger partial charge in [-0.2, -0.15) is 4.98 Å². The molecule has 1 fully saturated rings. The molecule has 106 valence electrons. The van der Waals surface area contributed by atoms with Crippen molar-refractivity contribution in [3.8, 4) is 11.4 Å². The number of likely N-dealkylation sites (tertiary alicyclic amines) is 1. The molecule has 5 nitrogen and oxygen atoms in total. The Hall–Kier alpha value is -1.72. The Morgan fingerprint density at radius 3 is 2.65 bits per heavy atom. The van der Waals surface area contributed by atoms with Gasteiger partial charge in [-0.15, -0.1) is 0 Å². The molecule has 1 saturated heterocycles. The minimum Gasteiger partial charge on any atom is -0.393 e. The van der Waals surface area contributed by atoms with E-state index >= 15 is 0 Å². The van der Waals surface area contributed by atoms with E-state index in [-0.39, 0.29) is 12.1 Å². The molecular weight excluding hydrogens is 254 g/mol. The van der Waals surface area contributed by atoms with Gasteiger partial charge < -0.3 is 9.63 Å². The van der Waals surface area contributed by atoms with Gasteiger partial charge in [0.05, 0.1) is 12.1 Å². The summed E-state index contributed by atoms with van der Waals surface area (Å²) in [6.07, 6.45) is 1.45. The molecule has 0 bridgehead atoms. The van der Waals surface area contributed by atoms with Crippen LogP contribution in [0.1, 0.15) is 31.7 Å². The third-order valence-corrected chi connectivity index (χ3v) is 3.88. The second-order valence-electron chi connectivity index (χ2n) is 5.27. The average Bonchev–Trinajstić information content (AvgIpc) is 2.98. The summed E-state index contributed by atoms with van der Waals surface area (Å²) >= 11 is 0. The Kier molecular flexibility index (Phi) is 3.80. The van der Waals surface area contributed by atoms with E-state index in [1.54, 1.807) is 0 Å². The smallest absolute Gasteiger partial charge is 0.244 e. The van der Waals surface area contributed by atoms with Crippen molar-refractivity contribution in [1.82, 2.24) is 15.0 Å². The molecule has 2 aromatic rings. The first-order valence-electron chi connectivity index (χ1n) is 7.05. The van der Waals surface area contributed by atoms with Gasteiger partial charge in [0.1, 0.15) is 0 Å². The topological polar surface area (TPSA) is 62.4 Å². The summed E-state index contributed by atoms with van der Waals surface area (Å²) in [4.78, 5) is 6.77. The number of hydrogen-bond acceptors (Lipinski definition) is 5. The fourth-order valence-electron chi connectivity index (χ4n) is 2.54. The lowest BCUT2D eigenvalue weighted by Crippen LogP contribution is -2.37. The monoisotopic (exact) mass is 273 g/mol. The lowest BCUT2D eigenvalue weighted by molar-refractivity contribution is 0.0564. The molecular formula is C15H19N3O2. The van der Waals surface area contributed by atoms with E-state index in [1.165, 1.54) is 0 Å². The molecule has 1 atom stereocenters. The van der Waals surface area contributed by atoms with Crippen LogP contribution in [0.15, 0.2) is 34.9 Å². The Labute approximate surface area is 118 Å². The number of aliphatic hydroxyl groups is 1. The van der Waals surface area contributed by atoms with Crippen molar-refractivity contribution in [2.24, 2.45) is 0 Å². The quantitative estimate of drug-likeness (QED) is 0.929. The first-order chi connectivity index (χ1) is 9.74. The van der Waals surface area contributed by atoms with E-state index in [9.17, 15) is 5.11 Å². The lowest BCUT2D eigenvalue weighted by atomic mass is 10.1. The molecule has 0 aliphatic carbocycles. The third-order valence-electron chi connectivity index (χ3n) is 3.88. The summed E-state index contributed by atoms with van der Waals surface area (Å²) in [6.45, 7) is 3.80. The maximum Gasteiger partial charge on any atom is 0.244 e. The fraction of sp³-hybridized carbons (Fsp3) is 0.467. The molecule has 0 saturated carbocycles. The molecule has 0 amide bonds. The van der Waals surface area contributed by atoms with Crippen LogP contribution in [0.25, 0.3) is 11.4 Å². The molecule has 0 spiro atoms. The van der Waals surface area contributed by atoms with Crippen molar-refractivity contribution in [3.63, 3.8) is 0 Å². The summed E-state index contributed by atoms with van der Waals surface area (Å²) in [7, 11) is 0. The highest BCUT2D eigenvalue weighted by Crippen LogP contribution is 2.25. The predicted molar refractivity (Wildman–Crippen MR) is 75.0 cm³/mol. The minimum atomic E-state index is -0.166. The molecule has 1 aliphatic rings. The molecule has 20 heavy (non-hydrogen) atoms. The maximum absolute atomic E-state index is 9.55. The van der Waals surface area contributed by atoms with Gasteiger partial charge in [-0.25, -0.2) is 0 Å². The molecule has 1 N–H and O–H groups in total. The van der Waals surface area contributed by atoms with E-state index in [4.69, 9.17) is 4.52 Å². The lowest BCUT2D eigenvalue weighted by Gasteiger charge is -2.32. The van der Waals surface area contributed by atoms with E-state index in [0.29, 0.717) is 11.7 Å². The van der Waals surface area contributed by atoms with Crippen molar-refractivity contribution in [2.75, 3.05) is 13.1 Å². The summed E-state index contributed by atoms with van der Waals surface area (Å²) in [5.74, 6) is 1.27. The van der Waals surface area contributed by atoms with Gasteiger partial charge in [-0.05, 0) is 19.8 Å². The molecule has 1 aromatic carbocycles. The van der Waals surface area contributed by atoms with Gasteiger partial charge in [0.25, 0.3) is 0 Å². The van der Waals surface area contributed by atoms with Crippen LogP contribution in [-0.4, -0.2) is 39.3 Å². The number of rotatable bonds is 3. The van der Waals surface area contributed by atoms with Crippen LogP contribution in [-0.2, 0) is 0 Å². The fourth-order valence-corrected chi connectivity index (χ4v) is 2.54. The number of aromatic nitrogens is 2. The molecule has 2 heterocycles. The van der Waals surface area contributed by atoms with Gasteiger partial charge in [0.2, 0.25) is 11.7 Å². The zero-order valence-electron chi connectivity index (χ0n) is 11.6. The largest absolute Gasteiger partial charge is 0.393 e. The zero-order valence-corrected chi connectivity index (χ0v) is 11.6. The summed E-state index contributed by atoms with van der Waals surface area (Å²) in [5.41, 5.74) is 0.962. The highest BCUT2D eigenvalue weighted by molar-refractivity contribution is 5.53. The van der Waals surface area contributed by atoms with Crippen LogP contribution in [0.4, 0.5) is 0 Å². The van der Waals surface area contributed by atoms with Crippen molar-refractivity contribution >= 4 is 0 Å². The SMILES string of the molecule is CC(c1nc(-c2ccccc2)no1)N1CCC(O)CC1. The van der Waals surface area contributed by atoms with Gasteiger partial charge in [-0.1, -0.05) is 35.5 Å². The number of nitrogens with zero attached hydrogens (tertiary/aromatic N) is 3. The van der Waals surface area contributed by atoms with Gasteiger partial charge in [0.15, 0.2) is 0 Å². The highest BCUT2D eigenvalue weighted by atomic mass is 16.5. The molecule has 5 heteroatoms. The summed E-state index contributed by atoms with van der Waals surface area (Å²) in [6, 6.07) is 9.91. The minimum absolute atomic E-state index is 0.0902. The number of piperidine rings is 1. The summed E-state index contributed by atoms with van der Waals surface area (Å²) < 4.78 is 5.40. The van der Waals surface area contributed by atoms with Gasteiger partial charge in [-0.3, -0.25) is 4.90 Å². The van der Waals surface area contributed by atoms with Crippen LogP contribution >= 0.6 is 0 Å². The Balaban J connectivity index is 1.73. The zero-order chi connectivity index (χ0) is 13.9. The standard InChI is InChI=1S/C15H19N3O2/c1-11(18-9-7-13(19)8-10-18)15-16-14(17-20-15)12-5-3-2-4-6-12/h2-6,11,13,19H,7-10H2,1H3. The number of hydrogen-bond donors (Lipinski definition) is 1. The number of aliphatic hydroxyl groups excluding tert-OH is 1. The first-order valence-corrected chi connectivity index (χ1v) is 7.05. The average molecular weight is 273 g/mol. The van der Waals surface area contributed by atoms with Crippen molar-refractivity contribution in [3.05, 3.63) is 36.2 Å². The Morgan fingerprint density at radius 2 is 1.95 bits per heavy atom.